The van der Waals surface area contributed by atoms with E-state index in [0.717, 1.165) is 5.69 Å². The van der Waals surface area contributed by atoms with Gasteiger partial charge in [-0.1, -0.05) is 32.9 Å². The van der Waals surface area contributed by atoms with Crippen LogP contribution in [0.15, 0.2) is 18.2 Å². The predicted octanol–water partition coefficient (Wildman–Crippen LogP) is 4.31. The molecule has 2 rings (SSSR count). The average Bonchev–Trinajstić information content (AvgIpc) is 2.55. The first-order chi connectivity index (χ1) is 8.70. The molecule has 0 saturated carbocycles. The molecule has 0 unspecified atom stereocenters. The summed E-state index contributed by atoms with van der Waals surface area (Å²) in [5.41, 5.74) is 7.82. The smallest absolute Gasteiger partial charge is 0.0687 e. The van der Waals surface area contributed by atoms with Crippen molar-refractivity contribution in [2.45, 2.75) is 47.0 Å². The van der Waals surface area contributed by atoms with Crippen molar-refractivity contribution in [2.75, 3.05) is 0 Å². The highest BCUT2D eigenvalue weighted by molar-refractivity contribution is 5.69. The lowest BCUT2D eigenvalue weighted by atomic mass is 9.83. The van der Waals surface area contributed by atoms with Crippen molar-refractivity contribution in [3.63, 3.8) is 0 Å². The van der Waals surface area contributed by atoms with E-state index in [2.05, 4.69) is 57.9 Å². The second-order valence-electron chi connectivity index (χ2n) is 6.53. The minimum atomic E-state index is 0.191. The van der Waals surface area contributed by atoms with E-state index in [1.807, 2.05) is 18.7 Å². The van der Waals surface area contributed by atoms with Gasteiger partial charge in [-0.05, 0) is 48.9 Å². The van der Waals surface area contributed by atoms with Gasteiger partial charge >= 0.3 is 0 Å². The first kappa shape index (κ1) is 13.9. The van der Waals surface area contributed by atoms with Crippen LogP contribution in [-0.4, -0.2) is 9.78 Å². The van der Waals surface area contributed by atoms with Crippen molar-refractivity contribution < 1.29 is 0 Å². The molecule has 1 heterocycles. The molecule has 0 aliphatic rings. The van der Waals surface area contributed by atoms with E-state index in [0.29, 0.717) is 0 Å². The molecule has 0 radical (unpaired) electrons. The van der Waals surface area contributed by atoms with Gasteiger partial charge in [0, 0.05) is 12.6 Å². The van der Waals surface area contributed by atoms with Crippen molar-refractivity contribution >= 4 is 0 Å². The Morgan fingerprint density at radius 3 is 1.84 bits per heavy atom. The molecule has 0 amide bonds. The molecule has 0 bridgehead atoms. The molecule has 0 fully saturated rings. The molecule has 2 aromatic rings. The van der Waals surface area contributed by atoms with Gasteiger partial charge in [-0.3, -0.25) is 4.68 Å². The fourth-order valence-electron chi connectivity index (χ4n) is 2.65. The summed E-state index contributed by atoms with van der Waals surface area (Å²) in [6.07, 6.45) is 0. The summed E-state index contributed by atoms with van der Waals surface area (Å²) in [5.74, 6) is 0. The second kappa shape index (κ2) is 4.52. The molecule has 2 heteroatoms. The molecule has 1 aromatic heterocycles. The summed E-state index contributed by atoms with van der Waals surface area (Å²) >= 11 is 0. The third kappa shape index (κ3) is 2.58. The molecule has 0 atom stereocenters. The van der Waals surface area contributed by atoms with Crippen molar-refractivity contribution in [3.05, 3.63) is 40.6 Å². The van der Waals surface area contributed by atoms with Crippen LogP contribution in [-0.2, 0) is 12.5 Å². The van der Waals surface area contributed by atoms with Crippen molar-refractivity contribution in [1.29, 1.82) is 0 Å². The number of aromatic nitrogens is 2. The van der Waals surface area contributed by atoms with E-state index in [9.17, 15) is 0 Å². The SMILES string of the molecule is Cc1cc(-c2c(C)cc(C(C)(C)C)cc2C)n(C)n1. The first-order valence-corrected chi connectivity index (χ1v) is 6.83. The van der Waals surface area contributed by atoms with Crippen LogP contribution < -0.4 is 0 Å². The Morgan fingerprint density at radius 2 is 1.47 bits per heavy atom. The van der Waals surface area contributed by atoms with E-state index >= 15 is 0 Å². The van der Waals surface area contributed by atoms with Crippen LogP contribution in [0, 0.1) is 20.8 Å². The monoisotopic (exact) mass is 256 g/mol. The molecule has 0 N–H and O–H groups in total. The Balaban J connectivity index is 2.64. The van der Waals surface area contributed by atoms with Crippen LogP contribution in [0.2, 0.25) is 0 Å². The minimum Gasteiger partial charge on any atom is -0.268 e. The average molecular weight is 256 g/mol. The first-order valence-electron chi connectivity index (χ1n) is 6.83. The maximum absolute atomic E-state index is 4.46. The van der Waals surface area contributed by atoms with Crippen LogP contribution in [0.5, 0.6) is 0 Å². The Morgan fingerprint density at radius 1 is 0.947 bits per heavy atom. The van der Waals surface area contributed by atoms with Crippen LogP contribution >= 0.6 is 0 Å². The molecular formula is C17H24N2. The van der Waals surface area contributed by atoms with Crippen molar-refractivity contribution in [2.24, 2.45) is 7.05 Å². The van der Waals surface area contributed by atoms with Gasteiger partial charge in [0.2, 0.25) is 0 Å². The lowest BCUT2D eigenvalue weighted by Gasteiger charge is -2.22. The third-order valence-corrected chi connectivity index (χ3v) is 3.66. The number of hydrogen-bond acceptors (Lipinski definition) is 1. The Kier molecular flexibility index (Phi) is 3.29. The molecule has 102 valence electrons. The molecule has 0 saturated heterocycles. The zero-order valence-electron chi connectivity index (χ0n) is 13.1. The van der Waals surface area contributed by atoms with E-state index in [1.54, 1.807) is 0 Å². The van der Waals surface area contributed by atoms with E-state index in [4.69, 9.17) is 0 Å². The van der Waals surface area contributed by atoms with Crippen LogP contribution in [0.4, 0.5) is 0 Å². The zero-order chi connectivity index (χ0) is 14.4. The van der Waals surface area contributed by atoms with Crippen molar-refractivity contribution in [1.82, 2.24) is 9.78 Å². The Hall–Kier alpha value is -1.57. The summed E-state index contributed by atoms with van der Waals surface area (Å²) in [5, 5.41) is 4.46. The molecule has 0 aliphatic carbocycles. The van der Waals surface area contributed by atoms with Gasteiger partial charge < -0.3 is 0 Å². The highest BCUT2D eigenvalue weighted by Gasteiger charge is 2.18. The second-order valence-corrected chi connectivity index (χ2v) is 6.53. The van der Waals surface area contributed by atoms with Gasteiger partial charge in [-0.15, -0.1) is 0 Å². The summed E-state index contributed by atoms with van der Waals surface area (Å²) in [4.78, 5) is 0. The van der Waals surface area contributed by atoms with Gasteiger partial charge in [-0.25, -0.2) is 0 Å². The fourth-order valence-corrected chi connectivity index (χ4v) is 2.65. The van der Waals surface area contributed by atoms with Crippen LogP contribution in [0.3, 0.4) is 0 Å². The zero-order valence-corrected chi connectivity index (χ0v) is 13.1. The summed E-state index contributed by atoms with van der Waals surface area (Å²) in [6, 6.07) is 6.78. The molecule has 0 aliphatic heterocycles. The highest BCUT2D eigenvalue weighted by atomic mass is 15.3. The summed E-state index contributed by atoms with van der Waals surface area (Å²) in [6.45, 7) is 13.2. The largest absolute Gasteiger partial charge is 0.268 e. The van der Waals surface area contributed by atoms with Crippen LogP contribution in [0.1, 0.15) is 43.2 Å². The third-order valence-electron chi connectivity index (χ3n) is 3.66. The molecule has 2 nitrogen and oxygen atoms in total. The summed E-state index contributed by atoms with van der Waals surface area (Å²) in [7, 11) is 2.01. The number of benzene rings is 1. The summed E-state index contributed by atoms with van der Waals surface area (Å²) < 4.78 is 1.97. The van der Waals surface area contributed by atoms with Gasteiger partial charge in [0.25, 0.3) is 0 Å². The normalized spacial score (nSPS) is 11.9. The fraction of sp³-hybridized carbons (Fsp3) is 0.471. The Bertz CT molecular complexity index is 590. The minimum absolute atomic E-state index is 0.191. The van der Waals surface area contributed by atoms with Crippen molar-refractivity contribution in [3.8, 4) is 11.3 Å². The van der Waals surface area contributed by atoms with Gasteiger partial charge in [0.05, 0.1) is 11.4 Å². The Labute approximate surface area is 116 Å². The standard InChI is InChI=1S/C17H24N2/c1-11-8-14(17(4,5)6)9-12(2)16(11)15-10-13(3)18-19(15)7/h8-10H,1-7H3. The van der Waals surface area contributed by atoms with Gasteiger partial charge in [-0.2, -0.15) is 5.10 Å². The molecule has 19 heavy (non-hydrogen) atoms. The molecule has 1 aromatic carbocycles. The maximum atomic E-state index is 4.46. The topological polar surface area (TPSA) is 17.8 Å². The lowest BCUT2D eigenvalue weighted by molar-refractivity contribution is 0.589. The van der Waals surface area contributed by atoms with E-state index in [1.165, 1.54) is 27.9 Å². The number of aryl methyl sites for hydroxylation is 4. The number of rotatable bonds is 1. The lowest BCUT2D eigenvalue weighted by Crippen LogP contribution is -2.12. The highest BCUT2D eigenvalue weighted by Crippen LogP contribution is 2.32. The van der Waals surface area contributed by atoms with Gasteiger partial charge in [0.1, 0.15) is 0 Å². The quantitative estimate of drug-likeness (QED) is 0.743. The van der Waals surface area contributed by atoms with E-state index < -0.39 is 0 Å². The number of hydrogen-bond donors (Lipinski definition) is 0. The molecule has 0 spiro atoms. The predicted molar refractivity (Wildman–Crippen MR) is 81.6 cm³/mol. The number of nitrogens with zero attached hydrogens (tertiary/aromatic N) is 2. The van der Waals surface area contributed by atoms with Crippen LogP contribution in [0.25, 0.3) is 11.3 Å². The van der Waals surface area contributed by atoms with E-state index in [-0.39, 0.29) is 5.41 Å². The molecular weight excluding hydrogens is 232 g/mol. The van der Waals surface area contributed by atoms with Gasteiger partial charge in [0.15, 0.2) is 0 Å². The maximum Gasteiger partial charge on any atom is 0.0687 e.